The maximum Gasteiger partial charge on any atom is 0.430 e. The molecule has 2 fully saturated rings. The lowest BCUT2D eigenvalue weighted by Crippen LogP contribution is -2.59. The largest absolute Gasteiger partial charge is 0.496 e. The molecule has 0 aliphatic carbocycles. The molecular formula is C26H29F5N2O3. The van der Waals surface area contributed by atoms with Gasteiger partial charge in [0.1, 0.15) is 17.4 Å². The van der Waals surface area contributed by atoms with Crippen molar-refractivity contribution in [3.8, 4) is 5.75 Å². The van der Waals surface area contributed by atoms with Crippen molar-refractivity contribution in [3.63, 3.8) is 0 Å². The van der Waals surface area contributed by atoms with Crippen LogP contribution in [-0.2, 0) is 15.1 Å². The number of piperidine rings is 2. The van der Waals surface area contributed by atoms with Gasteiger partial charge >= 0.3 is 6.18 Å². The molecule has 1 N–H and O–H groups in total. The van der Waals surface area contributed by atoms with Crippen LogP contribution in [0.1, 0.15) is 36.3 Å². The van der Waals surface area contributed by atoms with Gasteiger partial charge in [0.05, 0.1) is 7.11 Å². The van der Waals surface area contributed by atoms with Crippen molar-refractivity contribution in [1.82, 2.24) is 10.2 Å². The number of amides is 1. The van der Waals surface area contributed by atoms with E-state index < -0.39 is 34.9 Å². The van der Waals surface area contributed by atoms with Gasteiger partial charge in [-0.1, -0.05) is 18.2 Å². The molecule has 1 spiro atoms. The molecule has 2 unspecified atom stereocenters. The number of halogens is 5. The zero-order chi connectivity index (χ0) is 26.1. The highest BCUT2D eigenvalue weighted by atomic mass is 19.4. The van der Waals surface area contributed by atoms with Crippen LogP contribution in [0.5, 0.6) is 5.75 Å². The molecule has 0 radical (unpaired) electrons. The first-order valence-electron chi connectivity index (χ1n) is 11.8. The quantitative estimate of drug-likeness (QED) is 0.587. The molecule has 1 amide bonds. The molecule has 2 heterocycles. The first-order chi connectivity index (χ1) is 17.1. The van der Waals surface area contributed by atoms with Gasteiger partial charge in [-0.15, -0.1) is 0 Å². The average molecular weight is 513 g/mol. The van der Waals surface area contributed by atoms with Gasteiger partial charge < -0.3 is 19.7 Å². The first-order valence-corrected chi connectivity index (χ1v) is 11.8. The number of ether oxygens (including phenoxy) is 2. The number of rotatable bonds is 5. The summed E-state index contributed by atoms with van der Waals surface area (Å²) in [6.07, 6.45) is -3.38. The SMILES string of the molecule is COc1cc(F)ccc1C1CNCCC12CCN(C(=O)C(OC)(c1ccc(F)cc1)C(F)(F)F)CC2. The zero-order valence-electron chi connectivity index (χ0n) is 20.1. The molecule has 2 saturated heterocycles. The van der Waals surface area contributed by atoms with Crippen LogP contribution in [0.2, 0.25) is 0 Å². The lowest BCUT2D eigenvalue weighted by atomic mass is 9.62. The lowest BCUT2D eigenvalue weighted by Gasteiger charge is -2.51. The Bertz CT molecular complexity index is 1080. The molecule has 5 nitrogen and oxygen atoms in total. The van der Waals surface area contributed by atoms with Crippen molar-refractivity contribution in [2.75, 3.05) is 40.4 Å². The van der Waals surface area contributed by atoms with Crippen LogP contribution < -0.4 is 10.1 Å². The molecule has 0 aromatic heterocycles. The van der Waals surface area contributed by atoms with Crippen molar-refractivity contribution in [2.45, 2.75) is 37.0 Å². The van der Waals surface area contributed by atoms with Gasteiger partial charge in [0, 0.05) is 44.3 Å². The highest BCUT2D eigenvalue weighted by Crippen LogP contribution is 2.51. The fourth-order valence-electron chi connectivity index (χ4n) is 5.78. The maximum atomic E-state index is 14.4. The standard InChI is InChI=1S/C26H29F5N2O3/c1-35-22-15-19(28)7-8-20(22)21-16-32-12-9-24(21)10-13-33(14-11-24)23(34)25(36-2,26(29,30)31)17-3-5-18(27)6-4-17/h3-8,15,21,32H,9-14,16H2,1-2H3. The summed E-state index contributed by atoms with van der Waals surface area (Å²) in [7, 11) is 2.31. The van der Waals surface area contributed by atoms with Gasteiger partial charge in [0.15, 0.2) is 0 Å². The second-order valence-electron chi connectivity index (χ2n) is 9.44. The number of alkyl halides is 3. The lowest BCUT2D eigenvalue weighted by molar-refractivity contribution is -0.271. The molecule has 2 aliphatic rings. The summed E-state index contributed by atoms with van der Waals surface area (Å²) in [6.45, 7) is 1.53. The van der Waals surface area contributed by atoms with E-state index in [1.807, 2.05) is 0 Å². The number of nitrogens with zero attached hydrogens (tertiary/aromatic N) is 1. The third-order valence-electron chi connectivity index (χ3n) is 7.76. The highest BCUT2D eigenvalue weighted by molar-refractivity contribution is 5.88. The van der Waals surface area contributed by atoms with E-state index >= 15 is 0 Å². The molecule has 2 atom stereocenters. The number of nitrogens with one attached hydrogen (secondary N) is 1. The minimum atomic E-state index is -5.06. The highest BCUT2D eigenvalue weighted by Gasteiger charge is 2.64. The van der Waals surface area contributed by atoms with Gasteiger partial charge in [-0.05, 0) is 55.0 Å². The predicted octanol–water partition coefficient (Wildman–Crippen LogP) is 4.76. The van der Waals surface area contributed by atoms with Gasteiger partial charge in [0.2, 0.25) is 0 Å². The summed E-state index contributed by atoms with van der Waals surface area (Å²) in [5, 5.41) is 3.35. The molecule has 0 bridgehead atoms. The number of hydrogen-bond acceptors (Lipinski definition) is 4. The van der Waals surface area contributed by atoms with Crippen molar-refractivity contribution >= 4 is 5.91 Å². The van der Waals surface area contributed by atoms with E-state index in [1.165, 1.54) is 24.1 Å². The van der Waals surface area contributed by atoms with Crippen molar-refractivity contribution in [2.24, 2.45) is 5.41 Å². The molecule has 0 saturated carbocycles. The number of likely N-dealkylation sites (tertiary alicyclic amines) is 1. The second kappa shape index (κ2) is 9.97. The van der Waals surface area contributed by atoms with Crippen LogP contribution >= 0.6 is 0 Å². The molecule has 2 aromatic carbocycles. The topological polar surface area (TPSA) is 50.8 Å². The zero-order valence-corrected chi connectivity index (χ0v) is 20.1. The molecule has 4 rings (SSSR count). The maximum absolute atomic E-state index is 14.4. The molecular weight excluding hydrogens is 483 g/mol. The Balaban J connectivity index is 1.62. The van der Waals surface area contributed by atoms with E-state index in [0.717, 1.165) is 49.9 Å². The number of methoxy groups -OCH3 is 2. The Morgan fingerprint density at radius 3 is 2.22 bits per heavy atom. The second-order valence-corrected chi connectivity index (χ2v) is 9.44. The Labute approximate surface area is 206 Å². The molecule has 36 heavy (non-hydrogen) atoms. The van der Waals surface area contributed by atoms with Gasteiger partial charge in [0.25, 0.3) is 11.5 Å². The van der Waals surface area contributed by atoms with Crippen LogP contribution in [0.4, 0.5) is 22.0 Å². The first kappa shape index (κ1) is 26.3. The molecule has 2 aromatic rings. The Morgan fingerprint density at radius 2 is 1.64 bits per heavy atom. The van der Waals surface area contributed by atoms with Crippen LogP contribution in [0.25, 0.3) is 0 Å². The van der Waals surface area contributed by atoms with Crippen LogP contribution in [-0.4, -0.2) is 57.4 Å². The van der Waals surface area contributed by atoms with Crippen molar-refractivity contribution in [3.05, 3.63) is 65.2 Å². The van der Waals surface area contributed by atoms with Crippen molar-refractivity contribution < 1.29 is 36.2 Å². The summed E-state index contributed by atoms with van der Waals surface area (Å²) in [5.41, 5.74) is -3.17. The molecule has 10 heteroatoms. The minimum absolute atomic E-state index is 0.0639. The predicted molar refractivity (Wildman–Crippen MR) is 123 cm³/mol. The van der Waals surface area contributed by atoms with E-state index in [-0.39, 0.29) is 24.4 Å². The van der Waals surface area contributed by atoms with Crippen LogP contribution in [0, 0.1) is 17.0 Å². The smallest absolute Gasteiger partial charge is 0.430 e. The number of hydrogen-bond donors (Lipinski definition) is 1. The Kier molecular flexibility index (Phi) is 7.30. The number of carbonyl (C=O) groups excluding carboxylic acids is 1. The number of benzene rings is 2. The van der Waals surface area contributed by atoms with E-state index in [1.54, 1.807) is 6.07 Å². The fraction of sp³-hybridized carbons (Fsp3) is 0.500. The normalized spacial score (nSPS) is 21.8. The molecule has 2 aliphatic heterocycles. The summed E-state index contributed by atoms with van der Waals surface area (Å²) in [6, 6.07) is 8.01. The van der Waals surface area contributed by atoms with Crippen LogP contribution in [0.3, 0.4) is 0 Å². The van der Waals surface area contributed by atoms with E-state index in [0.29, 0.717) is 25.1 Å². The fourth-order valence-corrected chi connectivity index (χ4v) is 5.78. The molecule has 196 valence electrons. The van der Waals surface area contributed by atoms with Crippen LogP contribution in [0.15, 0.2) is 42.5 Å². The van der Waals surface area contributed by atoms with Crippen molar-refractivity contribution in [1.29, 1.82) is 0 Å². The third-order valence-corrected chi connectivity index (χ3v) is 7.76. The Morgan fingerprint density at radius 1 is 1.00 bits per heavy atom. The van der Waals surface area contributed by atoms with Gasteiger partial charge in [-0.2, -0.15) is 13.2 Å². The van der Waals surface area contributed by atoms with Gasteiger partial charge in [-0.25, -0.2) is 8.78 Å². The summed E-state index contributed by atoms with van der Waals surface area (Å²) < 4.78 is 80.8. The summed E-state index contributed by atoms with van der Waals surface area (Å²) in [4.78, 5) is 14.6. The minimum Gasteiger partial charge on any atom is -0.496 e. The van der Waals surface area contributed by atoms with E-state index in [4.69, 9.17) is 9.47 Å². The summed E-state index contributed by atoms with van der Waals surface area (Å²) in [5.74, 6) is -1.99. The number of carbonyl (C=O) groups is 1. The third kappa shape index (κ3) is 4.45. The van der Waals surface area contributed by atoms with Gasteiger partial charge in [-0.3, -0.25) is 4.79 Å². The Hall–Kier alpha value is -2.72. The van der Waals surface area contributed by atoms with E-state index in [2.05, 4.69) is 5.32 Å². The summed E-state index contributed by atoms with van der Waals surface area (Å²) >= 11 is 0. The average Bonchev–Trinajstić information content (AvgIpc) is 2.86. The van der Waals surface area contributed by atoms with E-state index in [9.17, 15) is 26.7 Å². The monoisotopic (exact) mass is 512 g/mol.